The molecule has 0 aliphatic carbocycles. The quantitative estimate of drug-likeness (QED) is 0.560. The Balaban J connectivity index is 1.87. The van der Waals surface area contributed by atoms with E-state index >= 15 is 0 Å². The van der Waals surface area contributed by atoms with Crippen LogP contribution in [0.15, 0.2) is 43.0 Å². The Bertz CT molecular complexity index is 908. The van der Waals surface area contributed by atoms with Crippen LogP contribution in [0.1, 0.15) is 16.7 Å². The number of benzene rings is 2. The van der Waals surface area contributed by atoms with E-state index in [1.807, 2.05) is 0 Å². The smallest absolute Gasteiger partial charge is 0.419 e. The number of carbonyl (C=O) groups excluding carboxylic acids is 1. The van der Waals surface area contributed by atoms with Crippen LogP contribution in [-0.4, -0.2) is 17.4 Å². The number of ether oxygens (including phenoxy) is 1. The summed E-state index contributed by atoms with van der Waals surface area (Å²) in [6, 6.07) is 4.61. The van der Waals surface area contributed by atoms with Crippen molar-refractivity contribution in [3.05, 3.63) is 71.3 Å². The molecule has 0 spiro atoms. The highest BCUT2D eigenvalue weighted by atomic mass is 19.4. The molecule has 1 amide bonds. The van der Waals surface area contributed by atoms with Crippen molar-refractivity contribution in [2.45, 2.75) is 19.1 Å². The van der Waals surface area contributed by atoms with Crippen molar-refractivity contribution < 1.29 is 31.5 Å². The van der Waals surface area contributed by atoms with Crippen LogP contribution in [0, 0.1) is 11.6 Å². The summed E-state index contributed by atoms with van der Waals surface area (Å²) in [5, 5.41) is 0. The SMILES string of the molecule is C=CC(=O)N1CCc2cc(F)c(Oc3ccc(C(F)(F)F)c(F)c3)cc2C1. The minimum Gasteiger partial charge on any atom is -0.454 e. The number of rotatable bonds is 3. The lowest BCUT2D eigenvalue weighted by Crippen LogP contribution is -2.34. The monoisotopic (exact) mass is 383 g/mol. The lowest BCUT2D eigenvalue weighted by molar-refractivity contribution is -0.140. The molecule has 0 unspecified atom stereocenters. The van der Waals surface area contributed by atoms with Gasteiger partial charge in [0.05, 0.1) is 5.56 Å². The second-order valence-corrected chi connectivity index (χ2v) is 6.01. The first-order chi connectivity index (χ1) is 12.7. The van der Waals surface area contributed by atoms with E-state index in [1.165, 1.54) is 23.1 Å². The zero-order valence-corrected chi connectivity index (χ0v) is 13.9. The highest BCUT2D eigenvalue weighted by molar-refractivity contribution is 5.87. The molecule has 0 fully saturated rings. The van der Waals surface area contributed by atoms with Gasteiger partial charge in [0, 0.05) is 19.2 Å². The van der Waals surface area contributed by atoms with Gasteiger partial charge in [-0.1, -0.05) is 6.58 Å². The molecule has 0 aromatic heterocycles. The Morgan fingerprint density at radius 1 is 1.11 bits per heavy atom. The van der Waals surface area contributed by atoms with Gasteiger partial charge >= 0.3 is 6.18 Å². The van der Waals surface area contributed by atoms with Gasteiger partial charge in [-0.25, -0.2) is 8.78 Å². The third-order valence-electron chi connectivity index (χ3n) is 4.23. The molecule has 3 rings (SSSR count). The van der Waals surface area contributed by atoms with E-state index < -0.39 is 23.4 Å². The van der Waals surface area contributed by atoms with Crippen molar-refractivity contribution in [1.29, 1.82) is 0 Å². The molecule has 1 heterocycles. The topological polar surface area (TPSA) is 29.5 Å². The summed E-state index contributed by atoms with van der Waals surface area (Å²) in [6.45, 7) is 4.06. The molecular weight excluding hydrogens is 369 g/mol. The van der Waals surface area contributed by atoms with E-state index in [9.17, 15) is 26.7 Å². The summed E-state index contributed by atoms with van der Waals surface area (Å²) in [5.41, 5.74) is -0.0915. The number of fused-ring (bicyclic) bond motifs is 1. The first-order valence-corrected chi connectivity index (χ1v) is 7.96. The number of carbonyl (C=O) groups is 1. The van der Waals surface area contributed by atoms with Crippen LogP contribution in [0.4, 0.5) is 22.0 Å². The van der Waals surface area contributed by atoms with E-state index in [0.717, 1.165) is 6.07 Å². The Morgan fingerprint density at radius 2 is 1.85 bits per heavy atom. The van der Waals surface area contributed by atoms with Gasteiger partial charge in [0.15, 0.2) is 11.6 Å². The molecule has 27 heavy (non-hydrogen) atoms. The summed E-state index contributed by atoms with van der Waals surface area (Å²) in [7, 11) is 0. The largest absolute Gasteiger partial charge is 0.454 e. The summed E-state index contributed by atoms with van der Waals surface area (Å²) >= 11 is 0. The maximum atomic E-state index is 14.3. The van der Waals surface area contributed by atoms with E-state index in [-0.39, 0.29) is 24.0 Å². The summed E-state index contributed by atoms with van der Waals surface area (Å²) in [4.78, 5) is 13.3. The van der Waals surface area contributed by atoms with Gasteiger partial charge in [0.25, 0.3) is 0 Å². The highest BCUT2D eigenvalue weighted by Gasteiger charge is 2.34. The molecule has 0 saturated carbocycles. The maximum absolute atomic E-state index is 14.3. The number of hydrogen-bond donors (Lipinski definition) is 0. The van der Waals surface area contributed by atoms with Crippen LogP contribution in [-0.2, 0) is 23.9 Å². The van der Waals surface area contributed by atoms with Gasteiger partial charge in [-0.05, 0) is 47.9 Å². The van der Waals surface area contributed by atoms with Gasteiger partial charge in [0.1, 0.15) is 11.6 Å². The standard InChI is InChI=1S/C19H14F5NO2/c1-2-18(26)25-6-5-11-7-16(21)17(8-12(11)10-25)27-13-3-4-14(15(20)9-13)19(22,23)24/h2-4,7-9H,1,5-6,10H2. The van der Waals surface area contributed by atoms with Gasteiger partial charge in [-0.3, -0.25) is 4.79 Å². The third kappa shape index (κ3) is 3.94. The Kier molecular flexibility index (Phi) is 4.91. The van der Waals surface area contributed by atoms with Crippen LogP contribution in [0.3, 0.4) is 0 Å². The van der Waals surface area contributed by atoms with Crippen molar-refractivity contribution in [2.75, 3.05) is 6.54 Å². The second-order valence-electron chi connectivity index (χ2n) is 6.01. The molecule has 142 valence electrons. The number of nitrogens with zero attached hydrogens (tertiary/aromatic N) is 1. The lowest BCUT2D eigenvalue weighted by atomic mass is 9.99. The normalized spacial score (nSPS) is 13.9. The fraction of sp³-hybridized carbons (Fsp3) is 0.211. The number of amides is 1. The summed E-state index contributed by atoms with van der Waals surface area (Å²) in [5.74, 6) is -3.04. The molecule has 2 aromatic rings. The molecule has 0 atom stereocenters. The molecule has 0 N–H and O–H groups in total. The fourth-order valence-corrected chi connectivity index (χ4v) is 2.87. The van der Waals surface area contributed by atoms with Gasteiger partial charge < -0.3 is 9.64 Å². The Morgan fingerprint density at radius 3 is 2.48 bits per heavy atom. The first kappa shape index (κ1) is 18.9. The minimum atomic E-state index is -4.83. The molecule has 0 bridgehead atoms. The highest BCUT2D eigenvalue weighted by Crippen LogP contribution is 2.35. The molecular formula is C19H14F5NO2. The molecule has 8 heteroatoms. The van der Waals surface area contributed by atoms with Crippen LogP contribution in [0.2, 0.25) is 0 Å². The van der Waals surface area contributed by atoms with Crippen molar-refractivity contribution in [3.63, 3.8) is 0 Å². The Hall–Kier alpha value is -2.90. The molecule has 1 aliphatic heterocycles. The molecule has 1 aliphatic rings. The predicted octanol–water partition coefficient (Wildman–Crippen LogP) is 4.85. The van der Waals surface area contributed by atoms with Crippen LogP contribution < -0.4 is 4.74 Å². The average molecular weight is 383 g/mol. The van der Waals surface area contributed by atoms with Crippen LogP contribution in [0.5, 0.6) is 11.5 Å². The number of halogens is 5. The van der Waals surface area contributed by atoms with Gasteiger partial charge in [-0.15, -0.1) is 0 Å². The van der Waals surface area contributed by atoms with Crippen LogP contribution in [0.25, 0.3) is 0 Å². The molecule has 2 aromatic carbocycles. The van der Waals surface area contributed by atoms with Crippen molar-refractivity contribution in [3.8, 4) is 11.5 Å². The zero-order chi connectivity index (χ0) is 19.8. The van der Waals surface area contributed by atoms with Crippen molar-refractivity contribution in [2.24, 2.45) is 0 Å². The molecule has 3 nitrogen and oxygen atoms in total. The van der Waals surface area contributed by atoms with Crippen molar-refractivity contribution >= 4 is 5.91 Å². The van der Waals surface area contributed by atoms with Gasteiger partial charge in [-0.2, -0.15) is 13.2 Å². The molecule has 0 radical (unpaired) electrons. The van der Waals surface area contributed by atoms with E-state index in [1.54, 1.807) is 0 Å². The second kappa shape index (κ2) is 7.02. The summed E-state index contributed by atoms with van der Waals surface area (Å²) in [6.07, 6.45) is -3.21. The van der Waals surface area contributed by atoms with Crippen molar-refractivity contribution in [1.82, 2.24) is 4.90 Å². The zero-order valence-electron chi connectivity index (χ0n) is 13.9. The number of hydrogen-bond acceptors (Lipinski definition) is 2. The fourth-order valence-electron chi connectivity index (χ4n) is 2.87. The number of alkyl halides is 3. The summed E-state index contributed by atoms with van der Waals surface area (Å²) < 4.78 is 71.0. The lowest BCUT2D eigenvalue weighted by Gasteiger charge is -2.28. The first-order valence-electron chi connectivity index (χ1n) is 7.96. The average Bonchev–Trinajstić information content (AvgIpc) is 2.60. The van der Waals surface area contributed by atoms with E-state index in [2.05, 4.69) is 6.58 Å². The van der Waals surface area contributed by atoms with Crippen LogP contribution >= 0.6 is 0 Å². The van der Waals surface area contributed by atoms with E-state index in [4.69, 9.17) is 4.74 Å². The minimum absolute atomic E-state index is 0.220. The third-order valence-corrected chi connectivity index (χ3v) is 4.23. The Labute approximate surface area is 151 Å². The van der Waals surface area contributed by atoms with Gasteiger partial charge in [0.2, 0.25) is 5.91 Å². The predicted molar refractivity (Wildman–Crippen MR) is 87.2 cm³/mol. The maximum Gasteiger partial charge on any atom is 0.419 e. The van der Waals surface area contributed by atoms with E-state index in [0.29, 0.717) is 36.2 Å². The molecule has 0 saturated heterocycles.